The van der Waals surface area contributed by atoms with Crippen LogP contribution in [0.4, 0.5) is 0 Å². The van der Waals surface area contributed by atoms with Gasteiger partial charge in [0, 0.05) is 29.7 Å². The number of benzene rings is 2. The van der Waals surface area contributed by atoms with E-state index >= 15 is 0 Å². The first-order valence-electron chi connectivity index (χ1n) is 8.37. The number of carbonyl (C=O) groups excluding carboxylic acids is 1. The highest BCUT2D eigenvalue weighted by Gasteiger charge is 2.22. The Morgan fingerprint density at radius 2 is 2.04 bits per heavy atom. The molecule has 4 nitrogen and oxygen atoms in total. The number of nitrogens with one attached hydrogen (secondary N) is 1. The highest BCUT2D eigenvalue weighted by atomic mass is 16.5. The quantitative estimate of drug-likeness (QED) is 0.913. The molecule has 0 aromatic heterocycles. The lowest BCUT2D eigenvalue weighted by Crippen LogP contribution is -2.23. The van der Waals surface area contributed by atoms with Crippen LogP contribution in [0.1, 0.15) is 40.9 Å². The van der Waals surface area contributed by atoms with E-state index in [-0.39, 0.29) is 12.0 Å². The summed E-state index contributed by atoms with van der Waals surface area (Å²) in [4.78, 5) is 12.3. The van der Waals surface area contributed by atoms with Crippen LogP contribution in [0.15, 0.2) is 36.4 Å². The van der Waals surface area contributed by atoms with Gasteiger partial charge in [-0.1, -0.05) is 17.7 Å². The van der Waals surface area contributed by atoms with Gasteiger partial charge >= 0.3 is 0 Å². The molecule has 1 N–H and O–H groups in total. The largest absolute Gasteiger partial charge is 0.494 e. The molecule has 0 fully saturated rings. The lowest BCUT2D eigenvalue weighted by molar-refractivity contribution is 0.0950. The van der Waals surface area contributed by atoms with Crippen molar-refractivity contribution in [2.24, 2.45) is 0 Å². The molecular formula is C20H23NO3. The monoisotopic (exact) mass is 325 g/mol. The van der Waals surface area contributed by atoms with E-state index < -0.39 is 0 Å². The van der Waals surface area contributed by atoms with Crippen LogP contribution in [0.2, 0.25) is 0 Å². The predicted octanol–water partition coefficient (Wildman–Crippen LogP) is 3.65. The molecule has 1 amide bonds. The Labute approximate surface area is 142 Å². The number of ether oxygens (including phenoxy) is 2. The SMILES string of the molecule is CCOc1cc2c(cc1CNC(=O)c1ccc(C)cc1)OC(C)C2. The molecule has 126 valence electrons. The lowest BCUT2D eigenvalue weighted by Gasteiger charge is -2.13. The van der Waals surface area contributed by atoms with Gasteiger partial charge in [-0.15, -0.1) is 0 Å². The van der Waals surface area contributed by atoms with Gasteiger partial charge in [0.1, 0.15) is 17.6 Å². The van der Waals surface area contributed by atoms with Crippen LogP contribution in [0.5, 0.6) is 11.5 Å². The van der Waals surface area contributed by atoms with Crippen molar-refractivity contribution in [1.29, 1.82) is 0 Å². The van der Waals surface area contributed by atoms with Gasteiger partial charge in [0.15, 0.2) is 0 Å². The third-order valence-electron chi connectivity index (χ3n) is 4.13. The van der Waals surface area contributed by atoms with Gasteiger partial charge in [-0.2, -0.15) is 0 Å². The van der Waals surface area contributed by atoms with Crippen molar-refractivity contribution in [3.63, 3.8) is 0 Å². The third kappa shape index (κ3) is 3.53. The molecule has 2 aromatic rings. The molecule has 1 aliphatic heterocycles. The zero-order chi connectivity index (χ0) is 17.1. The molecule has 1 heterocycles. The molecule has 0 saturated carbocycles. The van der Waals surface area contributed by atoms with Gasteiger partial charge in [-0.25, -0.2) is 0 Å². The van der Waals surface area contributed by atoms with Crippen molar-refractivity contribution in [1.82, 2.24) is 5.32 Å². The molecule has 0 radical (unpaired) electrons. The minimum Gasteiger partial charge on any atom is -0.494 e. The molecule has 2 aromatic carbocycles. The van der Waals surface area contributed by atoms with Crippen LogP contribution in [0.3, 0.4) is 0 Å². The van der Waals surface area contributed by atoms with Gasteiger partial charge in [0.05, 0.1) is 6.61 Å². The van der Waals surface area contributed by atoms with Crippen LogP contribution in [-0.2, 0) is 13.0 Å². The van der Waals surface area contributed by atoms with Gasteiger partial charge in [0.2, 0.25) is 0 Å². The summed E-state index contributed by atoms with van der Waals surface area (Å²) in [5.41, 5.74) is 3.89. The molecule has 1 unspecified atom stereocenters. The molecule has 0 spiro atoms. The molecule has 0 saturated heterocycles. The molecular weight excluding hydrogens is 302 g/mol. The highest BCUT2D eigenvalue weighted by Crippen LogP contribution is 2.35. The lowest BCUT2D eigenvalue weighted by atomic mass is 10.1. The summed E-state index contributed by atoms with van der Waals surface area (Å²) in [5, 5.41) is 2.96. The molecule has 24 heavy (non-hydrogen) atoms. The Hall–Kier alpha value is -2.49. The fraction of sp³-hybridized carbons (Fsp3) is 0.350. The number of amides is 1. The highest BCUT2D eigenvalue weighted by molar-refractivity contribution is 5.94. The molecule has 4 heteroatoms. The Morgan fingerprint density at radius 3 is 2.75 bits per heavy atom. The van der Waals surface area contributed by atoms with E-state index in [0.717, 1.165) is 29.0 Å². The van der Waals surface area contributed by atoms with Crippen LogP contribution in [0.25, 0.3) is 0 Å². The maximum atomic E-state index is 12.3. The number of rotatable bonds is 5. The van der Waals surface area contributed by atoms with Gasteiger partial charge in [-0.05, 0) is 45.0 Å². The maximum absolute atomic E-state index is 12.3. The maximum Gasteiger partial charge on any atom is 0.251 e. The average Bonchev–Trinajstić information content (AvgIpc) is 2.92. The summed E-state index contributed by atoms with van der Waals surface area (Å²) in [6.45, 7) is 7.02. The first-order chi connectivity index (χ1) is 11.6. The Morgan fingerprint density at radius 1 is 1.29 bits per heavy atom. The minimum atomic E-state index is -0.0905. The Bertz CT molecular complexity index is 737. The van der Waals surface area contributed by atoms with Crippen molar-refractivity contribution in [2.75, 3.05) is 6.61 Å². The number of hydrogen-bond acceptors (Lipinski definition) is 3. The zero-order valence-electron chi connectivity index (χ0n) is 14.4. The molecule has 3 rings (SSSR count). The van der Waals surface area contributed by atoms with E-state index in [0.29, 0.717) is 18.7 Å². The van der Waals surface area contributed by atoms with Crippen molar-refractivity contribution in [3.05, 3.63) is 58.7 Å². The number of hydrogen-bond donors (Lipinski definition) is 1. The fourth-order valence-corrected chi connectivity index (χ4v) is 2.89. The topological polar surface area (TPSA) is 47.6 Å². The van der Waals surface area contributed by atoms with E-state index in [9.17, 15) is 4.79 Å². The third-order valence-corrected chi connectivity index (χ3v) is 4.13. The van der Waals surface area contributed by atoms with Crippen LogP contribution >= 0.6 is 0 Å². The summed E-state index contributed by atoms with van der Waals surface area (Å²) in [7, 11) is 0. The molecule has 1 atom stereocenters. The van der Waals surface area contributed by atoms with E-state index in [4.69, 9.17) is 9.47 Å². The predicted molar refractivity (Wildman–Crippen MR) is 93.8 cm³/mol. The van der Waals surface area contributed by atoms with E-state index in [1.807, 2.05) is 50.2 Å². The van der Waals surface area contributed by atoms with Gasteiger partial charge < -0.3 is 14.8 Å². The first kappa shape index (κ1) is 16.4. The summed E-state index contributed by atoms with van der Waals surface area (Å²) in [6, 6.07) is 11.6. The standard InChI is InChI=1S/C20H23NO3/c1-4-23-18-10-16-9-14(3)24-19(16)11-17(18)12-21-20(22)15-7-5-13(2)6-8-15/h5-8,10-11,14H,4,9,12H2,1-3H3,(H,21,22). The minimum absolute atomic E-state index is 0.0905. The van der Waals surface area contributed by atoms with E-state index in [1.165, 1.54) is 5.56 Å². The second-order valence-electron chi connectivity index (χ2n) is 6.18. The van der Waals surface area contributed by atoms with Crippen molar-refractivity contribution < 1.29 is 14.3 Å². The van der Waals surface area contributed by atoms with Gasteiger partial charge in [-0.3, -0.25) is 4.79 Å². The van der Waals surface area contributed by atoms with Crippen LogP contribution in [0, 0.1) is 6.92 Å². The molecule has 0 bridgehead atoms. The Kier molecular flexibility index (Phi) is 4.74. The van der Waals surface area contributed by atoms with E-state index in [1.54, 1.807) is 0 Å². The zero-order valence-corrected chi connectivity index (χ0v) is 14.4. The van der Waals surface area contributed by atoms with Crippen LogP contribution in [-0.4, -0.2) is 18.6 Å². The molecule has 1 aliphatic rings. The molecule has 0 aliphatic carbocycles. The van der Waals surface area contributed by atoms with Gasteiger partial charge in [0.25, 0.3) is 5.91 Å². The summed E-state index contributed by atoms with van der Waals surface area (Å²) < 4.78 is 11.6. The second kappa shape index (κ2) is 6.95. The smallest absolute Gasteiger partial charge is 0.251 e. The van der Waals surface area contributed by atoms with Crippen molar-refractivity contribution >= 4 is 5.91 Å². The van der Waals surface area contributed by atoms with Crippen molar-refractivity contribution in [3.8, 4) is 11.5 Å². The number of aryl methyl sites for hydroxylation is 1. The number of fused-ring (bicyclic) bond motifs is 1. The van der Waals surface area contributed by atoms with E-state index in [2.05, 4.69) is 12.2 Å². The fourth-order valence-electron chi connectivity index (χ4n) is 2.89. The summed E-state index contributed by atoms with van der Waals surface area (Å²) in [6.07, 6.45) is 1.08. The summed E-state index contributed by atoms with van der Waals surface area (Å²) >= 11 is 0. The van der Waals surface area contributed by atoms with Crippen LogP contribution < -0.4 is 14.8 Å². The number of carbonyl (C=O) groups is 1. The Balaban J connectivity index is 1.75. The summed E-state index contributed by atoms with van der Waals surface area (Å²) in [5.74, 6) is 1.62. The second-order valence-corrected chi connectivity index (χ2v) is 6.18. The normalized spacial score (nSPS) is 15.5. The average molecular weight is 325 g/mol. The first-order valence-corrected chi connectivity index (χ1v) is 8.37. The van der Waals surface area contributed by atoms with Crippen molar-refractivity contribution in [2.45, 2.75) is 39.8 Å².